The first-order valence-corrected chi connectivity index (χ1v) is 8.31. The lowest BCUT2D eigenvalue weighted by molar-refractivity contribution is -0.129. The van der Waals surface area contributed by atoms with Gasteiger partial charge in [-0.3, -0.25) is 4.79 Å². The zero-order valence-electron chi connectivity index (χ0n) is 14.1. The van der Waals surface area contributed by atoms with Gasteiger partial charge >= 0.3 is 6.09 Å². The molecular formula is C20H18N2O4. The van der Waals surface area contributed by atoms with Crippen LogP contribution in [0.1, 0.15) is 23.5 Å². The van der Waals surface area contributed by atoms with Gasteiger partial charge in [-0.1, -0.05) is 42.5 Å². The van der Waals surface area contributed by atoms with Gasteiger partial charge in [-0.2, -0.15) is 5.26 Å². The average molecular weight is 350 g/mol. The lowest BCUT2D eigenvalue weighted by Gasteiger charge is -2.18. The number of amides is 2. The first kappa shape index (κ1) is 17.5. The van der Waals surface area contributed by atoms with Crippen molar-refractivity contribution in [3.63, 3.8) is 0 Å². The minimum absolute atomic E-state index is 0.00711. The number of carbonyl (C=O) groups is 2. The summed E-state index contributed by atoms with van der Waals surface area (Å²) < 4.78 is 10.5. The molecule has 1 atom stereocenters. The van der Waals surface area contributed by atoms with Crippen LogP contribution in [0.2, 0.25) is 0 Å². The third-order valence-electron chi connectivity index (χ3n) is 4.15. The average Bonchev–Trinajstić information content (AvgIpc) is 3.11. The third-order valence-corrected chi connectivity index (χ3v) is 4.15. The Bertz CT molecular complexity index is 812. The van der Waals surface area contributed by atoms with Crippen LogP contribution >= 0.6 is 0 Å². The van der Waals surface area contributed by atoms with Crippen molar-refractivity contribution in [2.45, 2.75) is 18.9 Å². The fourth-order valence-electron chi connectivity index (χ4n) is 2.76. The maximum atomic E-state index is 12.6. The quantitative estimate of drug-likeness (QED) is 0.799. The van der Waals surface area contributed by atoms with Crippen LogP contribution in [-0.2, 0) is 16.1 Å². The van der Waals surface area contributed by atoms with Crippen molar-refractivity contribution < 1.29 is 19.1 Å². The molecule has 2 amide bonds. The predicted octanol–water partition coefficient (Wildman–Crippen LogP) is 3.24. The standard InChI is InChI=1S/C20H18N2O4/c21-11-10-18(19(23)22-12-13-25-20(22)24)16-6-8-17(9-7-16)26-14-15-4-2-1-3-5-15/h1-9,18H,10,12-14H2. The van der Waals surface area contributed by atoms with Gasteiger partial charge in [-0.25, -0.2) is 9.69 Å². The molecule has 1 aliphatic heterocycles. The van der Waals surface area contributed by atoms with Gasteiger partial charge in [0.1, 0.15) is 19.0 Å². The van der Waals surface area contributed by atoms with E-state index in [9.17, 15) is 9.59 Å². The van der Waals surface area contributed by atoms with Gasteiger partial charge in [-0.05, 0) is 23.3 Å². The first-order valence-electron chi connectivity index (χ1n) is 8.31. The molecule has 3 rings (SSSR count). The molecule has 0 bridgehead atoms. The molecule has 0 N–H and O–H groups in total. The number of hydrogen-bond acceptors (Lipinski definition) is 5. The zero-order chi connectivity index (χ0) is 18.4. The number of nitrogens with zero attached hydrogens (tertiary/aromatic N) is 2. The molecule has 2 aromatic rings. The number of imide groups is 1. The molecule has 2 aromatic carbocycles. The fourth-order valence-corrected chi connectivity index (χ4v) is 2.76. The van der Waals surface area contributed by atoms with Gasteiger partial charge in [0.25, 0.3) is 0 Å². The summed E-state index contributed by atoms with van der Waals surface area (Å²) in [5, 5.41) is 9.06. The van der Waals surface area contributed by atoms with Crippen LogP contribution < -0.4 is 4.74 Å². The van der Waals surface area contributed by atoms with Crippen molar-refractivity contribution in [1.29, 1.82) is 5.26 Å². The van der Waals surface area contributed by atoms with E-state index >= 15 is 0 Å². The molecule has 1 heterocycles. The number of ether oxygens (including phenoxy) is 2. The molecule has 6 nitrogen and oxygen atoms in total. The summed E-state index contributed by atoms with van der Waals surface area (Å²) in [6.45, 7) is 0.855. The van der Waals surface area contributed by atoms with E-state index in [1.165, 1.54) is 0 Å². The van der Waals surface area contributed by atoms with Gasteiger partial charge in [-0.15, -0.1) is 0 Å². The molecule has 0 radical (unpaired) electrons. The number of hydrogen-bond donors (Lipinski definition) is 0. The highest BCUT2D eigenvalue weighted by Crippen LogP contribution is 2.26. The van der Waals surface area contributed by atoms with Crippen LogP contribution in [0.25, 0.3) is 0 Å². The van der Waals surface area contributed by atoms with Crippen molar-refractivity contribution in [2.24, 2.45) is 0 Å². The van der Waals surface area contributed by atoms with Gasteiger partial charge in [0.2, 0.25) is 5.91 Å². The smallest absolute Gasteiger partial charge is 0.416 e. The molecule has 6 heteroatoms. The molecule has 1 saturated heterocycles. The third kappa shape index (κ3) is 4.01. The number of cyclic esters (lactones) is 1. The second kappa shape index (κ2) is 8.17. The minimum atomic E-state index is -0.700. The molecule has 0 aromatic heterocycles. The van der Waals surface area contributed by atoms with Crippen molar-refractivity contribution >= 4 is 12.0 Å². The molecule has 0 aliphatic carbocycles. The highest BCUT2D eigenvalue weighted by Gasteiger charge is 2.34. The van der Waals surface area contributed by atoms with Crippen LogP contribution in [0.15, 0.2) is 54.6 Å². The normalized spacial score (nSPS) is 14.4. The number of benzene rings is 2. The Morgan fingerprint density at radius 2 is 1.92 bits per heavy atom. The fraction of sp³-hybridized carbons (Fsp3) is 0.250. The summed E-state index contributed by atoms with van der Waals surface area (Å²) in [6.07, 6.45) is -0.659. The topological polar surface area (TPSA) is 79.6 Å². The van der Waals surface area contributed by atoms with E-state index in [2.05, 4.69) is 0 Å². The van der Waals surface area contributed by atoms with Gasteiger partial charge < -0.3 is 9.47 Å². The molecule has 0 saturated carbocycles. The monoisotopic (exact) mass is 350 g/mol. The van der Waals surface area contributed by atoms with E-state index in [0.717, 1.165) is 10.5 Å². The minimum Gasteiger partial charge on any atom is -0.489 e. The van der Waals surface area contributed by atoms with Crippen molar-refractivity contribution in [3.8, 4) is 11.8 Å². The Kier molecular flexibility index (Phi) is 5.49. The summed E-state index contributed by atoms with van der Waals surface area (Å²) >= 11 is 0. The number of carbonyl (C=O) groups excluding carboxylic acids is 2. The van der Waals surface area contributed by atoms with E-state index in [0.29, 0.717) is 17.9 Å². The Morgan fingerprint density at radius 3 is 2.54 bits per heavy atom. The number of rotatable bonds is 6. The van der Waals surface area contributed by atoms with Crippen LogP contribution in [0.5, 0.6) is 5.75 Å². The van der Waals surface area contributed by atoms with E-state index in [1.54, 1.807) is 24.3 Å². The maximum absolute atomic E-state index is 12.6. The van der Waals surface area contributed by atoms with Crippen LogP contribution in [-0.4, -0.2) is 30.1 Å². The highest BCUT2D eigenvalue weighted by molar-refractivity contribution is 5.96. The van der Waals surface area contributed by atoms with Crippen molar-refractivity contribution in [3.05, 3.63) is 65.7 Å². The van der Waals surface area contributed by atoms with Crippen molar-refractivity contribution in [2.75, 3.05) is 13.2 Å². The molecule has 1 unspecified atom stereocenters. The largest absolute Gasteiger partial charge is 0.489 e. The van der Waals surface area contributed by atoms with Crippen LogP contribution in [0.3, 0.4) is 0 Å². The molecule has 0 spiro atoms. The lowest BCUT2D eigenvalue weighted by Crippen LogP contribution is -2.35. The predicted molar refractivity (Wildman–Crippen MR) is 93.2 cm³/mol. The SMILES string of the molecule is N#CCC(C(=O)N1CCOC1=O)c1ccc(OCc2ccccc2)cc1. The Labute approximate surface area is 151 Å². The van der Waals surface area contributed by atoms with Gasteiger partial charge in [0.05, 0.1) is 25.0 Å². The van der Waals surface area contributed by atoms with Crippen LogP contribution in [0.4, 0.5) is 4.79 Å². The Hall–Kier alpha value is -3.33. The molecule has 1 aliphatic rings. The molecule has 1 fully saturated rings. The second-order valence-corrected chi connectivity index (χ2v) is 5.86. The zero-order valence-corrected chi connectivity index (χ0v) is 14.1. The Morgan fingerprint density at radius 1 is 1.19 bits per heavy atom. The lowest BCUT2D eigenvalue weighted by atomic mass is 9.94. The molecular weight excluding hydrogens is 332 g/mol. The van der Waals surface area contributed by atoms with E-state index in [1.807, 2.05) is 36.4 Å². The summed E-state index contributed by atoms with van der Waals surface area (Å²) in [5.41, 5.74) is 1.73. The summed E-state index contributed by atoms with van der Waals surface area (Å²) in [6, 6.07) is 18.8. The maximum Gasteiger partial charge on any atom is 0.416 e. The number of nitriles is 1. The van der Waals surface area contributed by atoms with Crippen LogP contribution in [0, 0.1) is 11.3 Å². The van der Waals surface area contributed by atoms with E-state index < -0.39 is 17.9 Å². The Balaban J connectivity index is 1.69. The first-order chi connectivity index (χ1) is 12.7. The second-order valence-electron chi connectivity index (χ2n) is 5.86. The van der Waals surface area contributed by atoms with Gasteiger partial charge in [0, 0.05) is 0 Å². The summed E-state index contributed by atoms with van der Waals surface area (Å²) in [7, 11) is 0. The highest BCUT2D eigenvalue weighted by atomic mass is 16.6. The molecule has 26 heavy (non-hydrogen) atoms. The summed E-state index contributed by atoms with van der Waals surface area (Å²) in [5.74, 6) is -0.442. The van der Waals surface area contributed by atoms with E-state index in [4.69, 9.17) is 14.7 Å². The van der Waals surface area contributed by atoms with Crippen molar-refractivity contribution in [1.82, 2.24) is 4.90 Å². The van der Waals surface area contributed by atoms with E-state index in [-0.39, 0.29) is 19.6 Å². The summed E-state index contributed by atoms with van der Waals surface area (Å²) in [4.78, 5) is 25.3. The van der Waals surface area contributed by atoms with Gasteiger partial charge in [0.15, 0.2) is 0 Å². The molecule has 132 valence electrons.